The van der Waals surface area contributed by atoms with Crippen LogP contribution in [0.5, 0.6) is 0 Å². The van der Waals surface area contributed by atoms with E-state index in [1.807, 2.05) is 60.8 Å². The number of aryl methyl sites for hydroxylation is 1. The molecule has 0 aliphatic carbocycles. The van der Waals surface area contributed by atoms with Gasteiger partial charge in [-0.15, -0.1) is 22.7 Å². The molecule has 6 heteroatoms. The molecular weight excluding hydrogens is 374 g/mol. The van der Waals surface area contributed by atoms with Crippen LogP contribution in [0, 0.1) is 6.92 Å². The van der Waals surface area contributed by atoms with Crippen LogP contribution in [0.3, 0.4) is 0 Å². The van der Waals surface area contributed by atoms with Crippen molar-refractivity contribution in [2.45, 2.75) is 13.8 Å². The molecule has 3 heterocycles. The Kier molecular flexibility index (Phi) is 4.83. The van der Waals surface area contributed by atoms with E-state index in [9.17, 15) is 4.79 Å². The van der Waals surface area contributed by atoms with Crippen LogP contribution in [0.2, 0.25) is 0 Å². The quantitative estimate of drug-likeness (QED) is 0.369. The largest absolute Gasteiger partial charge is 0.272 e. The van der Waals surface area contributed by atoms with Gasteiger partial charge in [0, 0.05) is 15.1 Å². The van der Waals surface area contributed by atoms with E-state index in [1.54, 1.807) is 22.7 Å². The number of pyridine rings is 1. The van der Waals surface area contributed by atoms with Gasteiger partial charge in [0.2, 0.25) is 0 Å². The van der Waals surface area contributed by atoms with Gasteiger partial charge in [0.15, 0.2) is 0 Å². The highest BCUT2D eigenvalue weighted by atomic mass is 32.1. The van der Waals surface area contributed by atoms with Crippen molar-refractivity contribution in [3.63, 3.8) is 0 Å². The van der Waals surface area contributed by atoms with E-state index in [2.05, 4.69) is 23.5 Å². The molecule has 0 spiro atoms. The van der Waals surface area contributed by atoms with Gasteiger partial charge < -0.3 is 0 Å². The number of para-hydroxylation sites is 1. The molecule has 0 saturated heterocycles. The molecule has 0 bridgehead atoms. The second-order valence-electron chi connectivity index (χ2n) is 6.10. The van der Waals surface area contributed by atoms with Gasteiger partial charge in [-0.25, -0.2) is 10.4 Å². The SMILES string of the molecule is CC(=NNC(=O)c1cc(-c2ccc(C)s2)nc2ccccc12)c1cccs1. The molecule has 3 aromatic heterocycles. The summed E-state index contributed by atoms with van der Waals surface area (Å²) in [6.45, 7) is 3.95. The van der Waals surface area contributed by atoms with E-state index in [1.165, 1.54) is 4.88 Å². The fraction of sp³-hybridized carbons (Fsp3) is 0.0952. The minimum absolute atomic E-state index is 0.237. The lowest BCUT2D eigenvalue weighted by Gasteiger charge is -2.08. The second kappa shape index (κ2) is 7.42. The van der Waals surface area contributed by atoms with Crippen molar-refractivity contribution in [2.75, 3.05) is 0 Å². The summed E-state index contributed by atoms with van der Waals surface area (Å²) in [5, 5.41) is 7.07. The van der Waals surface area contributed by atoms with Crippen molar-refractivity contribution >= 4 is 45.2 Å². The highest BCUT2D eigenvalue weighted by Gasteiger charge is 2.14. The van der Waals surface area contributed by atoms with E-state index in [0.29, 0.717) is 5.56 Å². The van der Waals surface area contributed by atoms with E-state index < -0.39 is 0 Å². The number of hydrogen-bond acceptors (Lipinski definition) is 5. The maximum absolute atomic E-state index is 12.9. The van der Waals surface area contributed by atoms with Gasteiger partial charge in [-0.05, 0) is 49.6 Å². The number of nitrogens with zero attached hydrogens (tertiary/aromatic N) is 2. The first kappa shape index (κ1) is 17.6. The lowest BCUT2D eigenvalue weighted by atomic mass is 10.1. The number of carbonyl (C=O) groups is 1. The zero-order valence-electron chi connectivity index (χ0n) is 14.9. The first-order chi connectivity index (χ1) is 13.1. The van der Waals surface area contributed by atoms with Gasteiger partial charge in [0.1, 0.15) is 0 Å². The summed E-state index contributed by atoms with van der Waals surface area (Å²) in [6.07, 6.45) is 0. The third kappa shape index (κ3) is 3.67. The van der Waals surface area contributed by atoms with E-state index >= 15 is 0 Å². The van der Waals surface area contributed by atoms with Crippen LogP contribution >= 0.6 is 22.7 Å². The number of fused-ring (bicyclic) bond motifs is 1. The topological polar surface area (TPSA) is 54.4 Å². The third-order valence-corrected chi connectivity index (χ3v) is 6.16. The average molecular weight is 392 g/mol. The van der Waals surface area contributed by atoms with Gasteiger partial charge in [-0.1, -0.05) is 24.3 Å². The molecular formula is C21H17N3OS2. The summed E-state index contributed by atoms with van der Waals surface area (Å²) in [7, 11) is 0. The van der Waals surface area contributed by atoms with Crippen LogP contribution in [-0.2, 0) is 0 Å². The van der Waals surface area contributed by atoms with Gasteiger partial charge in [-0.3, -0.25) is 4.79 Å². The Hall–Kier alpha value is -2.83. The number of aromatic nitrogens is 1. The highest BCUT2D eigenvalue weighted by molar-refractivity contribution is 7.15. The van der Waals surface area contributed by atoms with Gasteiger partial charge in [0.25, 0.3) is 5.91 Å². The van der Waals surface area contributed by atoms with Gasteiger partial charge in [0.05, 0.1) is 27.4 Å². The Morgan fingerprint density at radius 3 is 2.70 bits per heavy atom. The Labute approximate surface area is 165 Å². The highest BCUT2D eigenvalue weighted by Crippen LogP contribution is 2.29. The number of benzene rings is 1. The minimum atomic E-state index is -0.237. The van der Waals surface area contributed by atoms with Crippen molar-refractivity contribution in [2.24, 2.45) is 5.10 Å². The smallest absolute Gasteiger partial charge is 0.267 e. The third-order valence-electron chi connectivity index (χ3n) is 4.16. The van der Waals surface area contributed by atoms with Crippen molar-refractivity contribution in [1.29, 1.82) is 0 Å². The fourth-order valence-electron chi connectivity index (χ4n) is 2.80. The molecule has 4 aromatic rings. The molecule has 1 amide bonds. The molecule has 4 rings (SSSR count). The van der Waals surface area contributed by atoms with E-state index in [-0.39, 0.29) is 5.91 Å². The summed E-state index contributed by atoms with van der Waals surface area (Å²) in [5.74, 6) is -0.237. The molecule has 0 saturated carbocycles. The number of hydrogen-bond donors (Lipinski definition) is 1. The molecule has 134 valence electrons. The van der Waals surface area contributed by atoms with Crippen molar-refractivity contribution in [1.82, 2.24) is 10.4 Å². The van der Waals surface area contributed by atoms with E-state index in [4.69, 9.17) is 4.98 Å². The van der Waals surface area contributed by atoms with Crippen LogP contribution in [0.1, 0.15) is 27.0 Å². The predicted octanol–water partition coefficient (Wildman–Crippen LogP) is 5.49. The molecule has 4 nitrogen and oxygen atoms in total. The maximum atomic E-state index is 12.9. The van der Waals surface area contributed by atoms with Crippen molar-refractivity contribution < 1.29 is 4.79 Å². The van der Waals surface area contributed by atoms with Crippen LogP contribution < -0.4 is 5.43 Å². The second-order valence-corrected chi connectivity index (χ2v) is 8.33. The fourth-order valence-corrected chi connectivity index (χ4v) is 4.30. The molecule has 0 atom stereocenters. The standard InChI is InChI=1S/C21H17N3OS2/c1-13-9-10-20(27-13)18-12-16(15-6-3-4-7-17(15)22-18)21(25)24-23-14(2)19-8-5-11-26-19/h3-12H,1-2H3,(H,24,25). The van der Waals surface area contributed by atoms with Gasteiger partial charge >= 0.3 is 0 Å². The molecule has 0 aliphatic rings. The molecule has 27 heavy (non-hydrogen) atoms. The summed E-state index contributed by atoms with van der Waals surface area (Å²) < 4.78 is 0. The van der Waals surface area contributed by atoms with E-state index in [0.717, 1.165) is 32.1 Å². The number of carbonyl (C=O) groups excluding carboxylic acids is 1. The first-order valence-corrected chi connectivity index (χ1v) is 10.2. The average Bonchev–Trinajstić information content (AvgIpc) is 3.37. The Balaban J connectivity index is 1.73. The normalized spacial score (nSPS) is 11.7. The molecule has 0 fully saturated rings. The molecule has 0 aliphatic heterocycles. The van der Waals surface area contributed by atoms with Crippen LogP contribution in [-0.4, -0.2) is 16.6 Å². The lowest BCUT2D eigenvalue weighted by molar-refractivity contribution is 0.0956. The molecule has 1 N–H and O–H groups in total. The number of thiophene rings is 2. The van der Waals surface area contributed by atoms with Gasteiger partial charge in [-0.2, -0.15) is 5.10 Å². The number of hydrazone groups is 1. The Morgan fingerprint density at radius 1 is 1.11 bits per heavy atom. The zero-order valence-corrected chi connectivity index (χ0v) is 16.5. The number of nitrogens with one attached hydrogen (secondary N) is 1. The van der Waals surface area contributed by atoms with Crippen molar-refractivity contribution in [3.8, 4) is 10.6 Å². The predicted molar refractivity (Wildman–Crippen MR) is 114 cm³/mol. The van der Waals surface area contributed by atoms with Crippen LogP contribution in [0.25, 0.3) is 21.5 Å². The Morgan fingerprint density at radius 2 is 1.96 bits per heavy atom. The summed E-state index contributed by atoms with van der Waals surface area (Å²) >= 11 is 3.26. The first-order valence-electron chi connectivity index (χ1n) is 8.47. The number of rotatable bonds is 4. The maximum Gasteiger partial charge on any atom is 0.272 e. The summed E-state index contributed by atoms with van der Waals surface area (Å²) in [6, 6.07) is 17.6. The van der Waals surface area contributed by atoms with Crippen LogP contribution in [0.15, 0.2) is 65.1 Å². The summed E-state index contributed by atoms with van der Waals surface area (Å²) in [4.78, 5) is 20.9. The summed E-state index contributed by atoms with van der Waals surface area (Å²) in [5.41, 5.74) is 5.65. The lowest BCUT2D eigenvalue weighted by Crippen LogP contribution is -2.19. The molecule has 0 unspecified atom stereocenters. The molecule has 1 aromatic carbocycles. The Bertz CT molecular complexity index is 1140. The molecule has 0 radical (unpaired) electrons. The zero-order chi connectivity index (χ0) is 18.8. The minimum Gasteiger partial charge on any atom is -0.267 e. The number of amides is 1. The van der Waals surface area contributed by atoms with Crippen LogP contribution in [0.4, 0.5) is 0 Å². The van der Waals surface area contributed by atoms with Crippen molar-refractivity contribution in [3.05, 3.63) is 75.3 Å². The monoisotopic (exact) mass is 391 g/mol.